The second-order valence-electron chi connectivity index (χ2n) is 5.93. The zero-order chi connectivity index (χ0) is 14.9. The van der Waals surface area contributed by atoms with Gasteiger partial charge in [0.1, 0.15) is 0 Å². The van der Waals surface area contributed by atoms with Crippen LogP contribution in [0.1, 0.15) is 42.3 Å². The van der Waals surface area contributed by atoms with Crippen LogP contribution in [-0.2, 0) is 12.0 Å². The van der Waals surface area contributed by atoms with E-state index in [1.165, 1.54) is 5.56 Å². The lowest BCUT2D eigenvalue weighted by molar-refractivity contribution is 0.0697. The van der Waals surface area contributed by atoms with Crippen LogP contribution in [0.3, 0.4) is 0 Å². The fourth-order valence-corrected chi connectivity index (χ4v) is 2.50. The summed E-state index contributed by atoms with van der Waals surface area (Å²) in [5.74, 6) is -0.910. The third-order valence-electron chi connectivity index (χ3n) is 3.26. The van der Waals surface area contributed by atoms with Gasteiger partial charge in [-0.1, -0.05) is 45.0 Å². The molecule has 0 bridgehead atoms. The summed E-state index contributed by atoms with van der Waals surface area (Å²) < 4.78 is 2.66. The van der Waals surface area contributed by atoms with E-state index in [9.17, 15) is 4.79 Å². The number of aromatic carboxylic acids is 1. The van der Waals surface area contributed by atoms with E-state index < -0.39 is 5.97 Å². The van der Waals surface area contributed by atoms with Crippen molar-refractivity contribution in [2.45, 2.75) is 32.7 Å². The summed E-state index contributed by atoms with van der Waals surface area (Å²) in [6.45, 7) is 7.20. The summed E-state index contributed by atoms with van der Waals surface area (Å²) >= 11 is 3.39. The standard InChI is InChI=1S/C16H18BrNO2/c1-16(2,3)13-6-4-11(5-7-13)9-18-10-12(15(19)20)8-14(18)17/h4-8,10H,9H2,1-3H3,(H,19,20). The van der Waals surface area contributed by atoms with Crippen LogP contribution in [0.25, 0.3) is 0 Å². The highest BCUT2D eigenvalue weighted by molar-refractivity contribution is 9.10. The molecule has 0 atom stereocenters. The third kappa shape index (κ3) is 3.31. The fraction of sp³-hybridized carbons (Fsp3) is 0.312. The molecular formula is C16H18BrNO2. The van der Waals surface area contributed by atoms with E-state index in [0.29, 0.717) is 12.1 Å². The number of carboxylic acid groups (broad SMARTS) is 1. The number of benzene rings is 1. The van der Waals surface area contributed by atoms with Gasteiger partial charge in [0.2, 0.25) is 0 Å². The van der Waals surface area contributed by atoms with Gasteiger partial charge in [-0.3, -0.25) is 0 Å². The number of hydrogen-bond donors (Lipinski definition) is 1. The van der Waals surface area contributed by atoms with Crippen LogP contribution in [0.2, 0.25) is 0 Å². The van der Waals surface area contributed by atoms with Crippen molar-refractivity contribution in [1.29, 1.82) is 0 Å². The van der Waals surface area contributed by atoms with Crippen molar-refractivity contribution in [3.63, 3.8) is 0 Å². The van der Waals surface area contributed by atoms with Gasteiger partial charge in [-0.2, -0.15) is 0 Å². The Bertz CT molecular complexity index is 621. The molecule has 0 aliphatic rings. The molecule has 0 saturated carbocycles. The van der Waals surface area contributed by atoms with Gasteiger partial charge < -0.3 is 9.67 Å². The van der Waals surface area contributed by atoms with E-state index in [4.69, 9.17) is 5.11 Å². The average Bonchev–Trinajstić information content (AvgIpc) is 2.71. The molecule has 0 aliphatic carbocycles. The number of nitrogens with zero attached hydrogens (tertiary/aromatic N) is 1. The number of rotatable bonds is 3. The van der Waals surface area contributed by atoms with E-state index in [0.717, 1.165) is 10.2 Å². The van der Waals surface area contributed by atoms with Crippen LogP contribution in [0, 0.1) is 0 Å². The summed E-state index contributed by atoms with van der Waals surface area (Å²) in [5.41, 5.74) is 2.87. The molecule has 1 N–H and O–H groups in total. The van der Waals surface area contributed by atoms with Crippen molar-refractivity contribution in [3.8, 4) is 0 Å². The lowest BCUT2D eigenvalue weighted by Crippen LogP contribution is -2.11. The molecule has 2 rings (SSSR count). The topological polar surface area (TPSA) is 42.2 Å². The Hall–Kier alpha value is -1.55. The van der Waals surface area contributed by atoms with Crippen LogP contribution in [0.15, 0.2) is 41.1 Å². The van der Waals surface area contributed by atoms with Gasteiger partial charge in [0.15, 0.2) is 0 Å². The minimum absolute atomic E-state index is 0.142. The minimum atomic E-state index is -0.910. The number of hydrogen-bond acceptors (Lipinski definition) is 1. The van der Waals surface area contributed by atoms with Crippen LogP contribution >= 0.6 is 15.9 Å². The summed E-state index contributed by atoms with van der Waals surface area (Å²) in [6, 6.07) is 10.1. The Balaban J connectivity index is 2.20. The Morgan fingerprint density at radius 2 is 1.85 bits per heavy atom. The number of carboxylic acids is 1. The smallest absolute Gasteiger partial charge is 0.337 e. The Morgan fingerprint density at radius 3 is 2.30 bits per heavy atom. The van der Waals surface area contributed by atoms with Crippen molar-refractivity contribution >= 4 is 21.9 Å². The van der Waals surface area contributed by atoms with Gasteiger partial charge in [-0.05, 0) is 38.5 Å². The first-order valence-corrected chi connectivity index (χ1v) is 7.25. The fourth-order valence-electron chi connectivity index (χ4n) is 2.02. The Labute approximate surface area is 127 Å². The van der Waals surface area contributed by atoms with E-state index in [-0.39, 0.29) is 5.41 Å². The SMILES string of the molecule is CC(C)(C)c1ccc(Cn2cc(C(=O)O)cc2Br)cc1. The molecule has 106 valence electrons. The summed E-state index contributed by atoms with van der Waals surface area (Å²) in [6.07, 6.45) is 1.64. The molecule has 2 aromatic rings. The molecule has 0 unspecified atom stereocenters. The summed E-state index contributed by atoms with van der Waals surface area (Å²) in [4.78, 5) is 10.9. The number of aromatic nitrogens is 1. The zero-order valence-corrected chi connectivity index (χ0v) is 13.4. The van der Waals surface area contributed by atoms with Gasteiger partial charge >= 0.3 is 5.97 Å². The Kier molecular flexibility index (Phi) is 4.04. The largest absolute Gasteiger partial charge is 0.478 e. The van der Waals surface area contributed by atoms with Gasteiger partial charge in [-0.15, -0.1) is 0 Å². The molecule has 0 fully saturated rings. The van der Waals surface area contributed by atoms with Crippen molar-refractivity contribution in [1.82, 2.24) is 4.57 Å². The summed E-state index contributed by atoms with van der Waals surface area (Å²) in [5, 5.41) is 8.98. The predicted octanol–water partition coefficient (Wildman–Crippen LogP) is 4.29. The highest BCUT2D eigenvalue weighted by Crippen LogP contribution is 2.23. The summed E-state index contributed by atoms with van der Waals surface area (Å²) in [7, 11) is 0. The van der Waals surface area contributed by atoms with E-state index >= 15 is 0 Å². The van der Waals surface area contributed by atoms with Crippen LogP contribution in [-0.4, -0.2) is 15.6 Å². The number of halogens is 1. The molecular weight excluding hydrogens is 318 g/mol. The van der Waals surface area contributed by atoms with Gasteiger partial charge in [-0.25, -0.2) is 4.79 Å². The average molecular weight is 336 g/mol. The first-order chi connectivity index (χ1) is 9.27. The second-order valence-corrected chi connectivity index (χ2v) is 6.74. The molecule has 0 saturated heterocycles. The van der Waals surface area contributed by atoms with Crippen molar-refractivity contribution < 1.29 is 9.90 Å². The van der Waals surface area contributed by atoms with Gasteiger partial charge in [0, 0.05) is 12.7 Å². The Morgan fingerprint density at radius 1 is 1.25 bits per heavy atom. The molecule has 1 heterocycles. The maximum absolute atomic E-state index is 10.9. The quantitative estimate of drug-likeness (QED) is 0.908. The van der Waals surface area contributed by atoms with Crippen LogP contribution in [0.5, 0.6) is 0 Å². The minimum Gasteiger partial charge on any atom is -0.478 e. The number of carbonyl (C=O) groups is 1. The highest BCUT2D eigenvalue weighted by atomic mass is 79.9. The molecule has 0 radical (unpaired) electrons. The lowest BCUT2D eigenvalue weighted by Gasteiger charge is -2.19. The van der Waals surface area contributed by atoms with Crippen molar-refractivity contribution in [2.24, 2.45) is 0 Å². The monoisotopic (exact) mass is 335 g/mol. The second kappa shape index (κ2) is 5.44. The third-order valence-corrected chi connectivity index (χ3v) is 3.95. The molecule has 1 aromatic carbocycles. The van der Waals surface area contributed by atoms with E-state index in [1.807, 2.05) is 4.57 Å². The predicted molar refractivity (Wildman–Crippen MR) is 83.3 cm³/mol. The maximum Gasteiger partial charge on any atom is 0.337 e. The maximum atomic E-state index is 10.9. The molecule has 0 amide bonds. The lowest BCUT2D eigenvalue weighted by atomic mass is 9.87. The molecule has 0 spiro atoms. The first kappa shape index (κ1) is 14.9. The molecule has 3 nitrogen and oxygen atoms in total. The van der Waals surface area contributed by atoms with Gasteiger partial charge in [0.05, 0.1) is 10.2 Å². The van der Waals surface area contributed by atoms with E-state index in [1.54, 1.807) is 12.3 Å². The van der Waals surface area contributed by atoms with Crippen molar-refractivity contribution in [3.05, 3.63) is 57.8 Å². The molecule has 1 aromatic heterocycles. The molecule has 0 aliphatic heterocycles. The van der Waals surface area contributed by atoms with E-state index in [2.05, 4.69) is 61.0 Å². The first-order valence-electron chi connectivity index (χ1n) is 6.46. The van der Waals surface area contributed by atoms with Crippen LogP contribution in [0.4, 0.5) is 0 Å². The molecule has 20 heavy (non-hydrogen) atoms. The van der Waals surface area contributed by atoms with Crippen molar-refractivity contribution in [2.75, 3.05) is 0 Å². The van der Waals surface area contributed by atoms with Gasteiger partial charge in [0.25, 0.3) is 0 Å². The zero-order valence-electron chi connectivity index (χ0n) is 11.9. The normalized spacial score (nSPS) is 11.6. The highest BCUT2D eigenvalue weighted by Gasteiger charge is 2.13. The molecule has 4 heteroatoms. The van der Waals surface area contributed by atoms with Crippen LogP contribution < -0.4 is 0 Å².